The van der Waals surface area contributed by atoms with Crippen LogP contribution in [0.5, 0.6) is 5.75 Å². The minimum Gasteiger partial charge on any atom is -0.484 e. The zero-order valence-electron chi connectivity index (χ0n) is 10.8. The Kier molecular flexibility index (Phi) is 4.29. The van der Waals surface area contributed by atoms with E-state index in [1.165, 1.54) is 11.5 Å². The van der Waals surface area contributed by atoms with E-state index in [0.29, 0.717) is 17.5 Å². The van der Waals surface area contributed by atoms with Crippen LogP contribution in [-0.2, 0) is 0 Å². The van der Waals surface area contributed by atoms with Gasteiger partial charge in [-0.2, -0.15) is 4.37 Å². The third-order valence-electron chi connectivity index (χ3n) is 3.09. The van der Waals surface area contributed by atoms with Gasteiger partial charge in [-0.1, -0.05) is 0 Å². The third-order valence-corrected chi connectivity index (χ3v) is 3.89. The number of nitrogen functional groups attached to an aromatic ring is 1. The molecule has 1 aromatic rings. The summed E-state index contributed by atoms with van der Waals surface area (Å²) in [6.07, 6.45) is 2.81. The third kappa shape index (κ3) is 3.26. The molecule has 1 aromatic heterocycles. The summed E-state index contributed by atoms with van der Waals surface area (Å²) >= 11 is 1.33. The number of aromatic nitrogens is 1. The van der Waals surface area contributed by atoms with Gasteiger partial charge in [-0.05, 0) is 50.6 Å². The number of nitrogens with one attached hydrogen (secondary N) is 1. The highest BCUT2D eigenvalue weighted by Crippen LogP contribution is 2.36. The first-order valence-electron chi connectivity index (χ1n) is 6.40. The monoisotopic (exact) mass is 271 g/mol. The topological polar surface area (TPSA) is 80.4 Å². The normalized spacial score (nSPS) is 23.6. The standard InChI is InChI=1S/C12H21N3O2S/c1-7(2)17-10-11(13)15-18-12(10)14-6-8-3-4-9(16)5-8/h7-9,14,16H,3-6H2,1-2H3,(H2,13,15). The van der Waals surface area contributed by atoms with Crippen molar-refractivity contribution in [1.82, 2.24) is 4.37 Å². The summed E-state index contributed by atoms with van der Waals surface area (Å²) in [6.45, 7) is 4.77. The highest BCUT2D eigenvalue weighted by Gasteiger charge is 2.23. The van der Waals surface area contributed by atoms with Crippen LogP contribution in [0.25, 0.3) is 0 Å². The van der Waals surface area contributed by atoms with Gasteiger partial charge in [0.15, 0.2) is 16.6 Å². The first-order valence-corrected chi connectivity index (χ1v) is 7.17. The number of nitrogens with zero attached hydrogens (tertiary/aromatic N) is 1. The maximum Gasteiger partial charge on any atom is 0.197 e. The number of nitrogens with two attached hydrogens (primary N) is 1. The van der Waals surface area contributed by atoms with Crippen molar-refractivity contribution >= 4 is 22.4 Å². The molecule has 0 aromatic carbocycles. The molecular weight excluding hydrogens is 250 g/mol. The Labute approximate surface area is 112 Å². The maximum atomic E-state index is 9.49. The van der Waals surface area contributed by atoms with Gasteiger partial charge < -0.3 is 20.9 Å². The predicted molar refractivity (Wildman–Crippen MR) is 74.1 cm³/mol. The smallest absolute Gasteiger partial charge is 0.197 e. The lowest BCUT2D eigenvalue weighted by molar-refractivity contribution is 0.178. The number of aliphatic hydroxyl groups is 1. The Balaban J connectivity index is 1.92. The molecule has 0 aliphatic heterocycles. The maximum absolute atomic E-state index is 9.49. The van der Waals surface area contributed by atoms with Crippen molar-refractivity contribution in [2.24, 2.45) is 5.92 Å². The molecule has 5 nitrogen and oxygen atoms in total. The number of hydrogen-bond donors (Lipinski definition) is 3. The van der Waals surface area contributed by atoms with Crippen molar-refractivity contribution in [3.05, 3.63) is 0 Å². The molecule has 4 N–H and O–H groups in total. The molecule has 0 saturated heterocycles. The second-order valence-electron chi connectivity index (χ2n) is 5.11. The zero-order valence-corrected chi connectivity index (χ0v) is 11.7. The average molecular weight is 271 g/mol. The Hall–Kier alpha value is -1.01. The minimum absolute atomic E-state index is 0.0811. The van der Waals surface area contributed by atoms with Gasteiger partial charge in [-0.25, -0.2) is 0 Å². The molecular formula is C12H21N3O2S. The van der Waals surface area contributed by atoms with Crippen LogP contribution < -0.4 is 15.8 Å². The van der Waals surface area contributed by atoms with Crippen LogP contribution >= 0.6 is 11.5 Å². The van der Waals surface area contributed by atoms with E-state index in [0.717, 1.165) is 30.8 Å². The lowest BCUT2D eigenvalue weighted by Crippen LogP contribution is -2.13. The Bertz CT molecular complexity index is 395. The van der Waals surface area contributed by atoms with Gasteiger partial charge in [0.2, 0.25) is 0 Å². The minimum atomic E-state index is -0.130. The number of aliphatic hydroxyl groups excluding tert-OH is 1. The number of anilines is 2. The van der Waals surface area contributed by atoms with Crippen LogP contribution in [-0.4, -0.2) is 28.2 Å². The van der Waals surface area contributed by atoms with Gasteiger partial charge in [-0.3, -0.25) is 0 Å². The summed E-state index contributed by atoms with van der Waals surface area (Å²) in [5.74, 6) is 1.63. The summed E-state index contributed by atoms with van der Waals surface area (Å²) in [6, 6.07) is 0. The second-order valence-corrected chi connectivity index (χ2v) is 5.88. The molecule has 1 aliphatic carbocycles. The lowest BCUT2D eigenvalue weighted by Gasteiger charge is -2.14. The predicted octanol–water partition coefficient (Wildman–Crippen LogP) is 2.09. The van der Waals surface area contributed by atoms with Gasteiger partial charge in [0.1, 0.15) is 0 Å². The fourth-order valence-corrected chi connectivity index (χ4v) is 2.88. The van der Waals surface area contributed by atoms with Gasteiger partial charge >= 0.3 is 0 Å². The average Bonchev–Trinajstić information content (AvgIpc) is 2.85. The van der Waals surface area contributed by atoms with Crippen molar-refractivity contribution in [3.63, 3.8) is 0 Å². The molecule has 0 bridgehead atoms. The molecule has 2 rings (SSSR count). The van der Waals surface area contributed by atoms with Crippen LogP contribution in [0.1, 0.15) is 33.1 Å². The number of ether oxygens (including phenoxy) is 1. The molecule has 0 amide bonds. The zero-order chi connectivity index (χ0) is 13.1. The molecule has 18 heavy (non-hydrogen) atoms. The molecule has 0 spiro atoms. The molecule has 2 atom stereocenters. The summed E-state index contributed by atoms with van der Waals surface area (Å²) in [7, 11) is 0. The van der Waals surface area contributed by atoms with E-state index in [2.05, 4.69) is 9.69 Å². The molecule has 102 valence electrons. The summed E-state index contributed by atoms with van der Waals surface area (Å²) in [5.41, 5.74) is 5.79. The highest BCUT2D eigenvalue weighted by atomic mass is 32.1. The molecule has 6 heteroatoms. The lowest BCUT2D eigenvalue weighted by atomic mass is 10.1. The second kappa shape index (κ2) is 5.75. The largest absolute Gasteiger partial charge is 0.484 e. The van der Waals surface area contributed by atoms with Gasteiger partial charge in [0.05, 0.1) is 12.2 Å². The molecule has 2 unspecified atom stereocenters. The van der Waals surface area contributed by atoms with Crippen LogP contribution in [0, 0.1) is 5.92 Å². The van der Waals surface area contributed by atoms with Gasteiger partial charge in [0, 0.05) is 6.54 Å². The molecule has 1 heterocycles. The van der Waals surface area contributed by atoms with E-state index in [1.54, 1.807) is 0 Å². The van der Waals surface area contributed by atoms with Gasteiger partial charge in [0.25, 0.3) is 0 Å². The Morgan fingerprint density at radius 3 is 2.94 bits per heavy atom. The SMILES string of the molecule is CC(C)Oc1c(N)nsc1NCC1CCC(O)C1. The quantitative estimate of drug-likeness (QED) is 0.764. The summed E-state index contributed by atoms with van der Waals surface area (Å²) < 4.78 is 9.78. The van der Waals surface area contributed by atoms with E-state index in [4.69, 9.17) is 10.5 Å². The highest BCUT2D eigenvalue weighted by molar-refractivity contribution is 7.11. The van der Waals surface area contributed by atoms with Crippen molar-refractivity contribution in [1.29, 1.82) is 0 Å². The van der Waals surface area contributed by atoms with Crippen molar-refractivity contribution in [2.75, 3.05) is 17.6 Å². The van der Waals surface area contributed by atoms with Crippen LogP contribution in [0.3, 0.4) is 0 Å². The van der Waals surface area contributed by atoms with Crippen molar-refractivity contribution in [3.8, 4) is 5.75 Å². The Morgan fingerprint density at radius 1 is 1.56 bits per heavy atom. The van der Waals surface area contributed by atoms with Gasteiger partial charge in [-0.15, -0.1) is 0 Å². The van der Waals surface area contributed by atoms with E-state index in [-0.39, 0.29) is 12.2 Å². The van der Waals surface area contributed by atoms with E-state index >= 15 is 0 Å². The Morgan fingerprint density at radius 2 is 2.33 bits per heavy atom. The number of rotatable bonds is 5. The van der Waals surface area contributed by atoms with E-state index in [9.17, 15) is 5.11 Å². The fourth-order valence-electron chi connectivity index (χ4n) is 2.23. The van der Waals surface area contributed by atoms with Crippen molar-refractivity contribution < 1.29 is 9.84 Å². The summed E-state index contributed by atoms with van der Waals surface area (Å²) in [5, 5.41) is 13.7. The van der Waals surface area contributed by atoms with Crippen LogP contribution in [0.4, 0.5) is 10.8 Å². The van der Waals surface area contributed by atoms with Crippen LogP contribution in [0.2, 0.25) is 0 Å². The number of hydrogen-bond acceptors (Lipinski definition) is 6. The summed E-state index contributed by atoms with van der Waals surface area (Å²) in [4.78, 5) is 0. The molecule has 1 saturated carbocycles. The molecule has 1 aliphatic rings. The first-order chi connectivity index (χ1) is 8.56. The first kappa shape index (κ1) is 13.4. The van der Waals surface area contributed by atoms with E-state index < -0.39 is 0 Å². The molecule has 0 radical (unpaired) electrons. The van der Waals surface area contributed by atoms with E-state index in [1.807, 2.05) is 13.8 Å². The van der Waals surface area contributed by atoms with Crippen molar-refractivity contribution in [2.45, 2.75) is 45.3 Å². The van der Waals surface area contributed by atoms with Crippen LogP contribution in [0.15, 0.2) is 0 Å². The molecule has 1 fully saturated rings. The fraction of sp³-hybridized carbons (Fsp3) is 0.750.